The average molecular weight is 431 g/mol. The molecule has 2 aliphatic heterocycles. The number of rotatable bonds is 4. The van der Waals surface area contributed by atoms with Gasteiger partial charge in [0.25, 0.3) is 0 Å². The second kappa shape index (κ2) is 10.2. The molecule has 7 heteroatoms. The lowest BCUT2D eigenvalue weighted by Gasteiger charge is -2.45. The predicted molar refractivity (Wildman–Crippen MR) is 129 cm³/mol. The molecule has 1 spiro atoms. The van der Waals surface area contributed by atoms with Crippen molar-refractivity contribution in [3.05, 3.63) is 23.9 Å². The van der Waals surface area contributed by atoms with E-state index in [9.17, 15) is 0 Å². The van der Waals surface area contributed by atoms with Gasteiger partial charge in [-0.15, -0.1) is 0 Å². The molecular formula is C23H38N6S. The molecule has 30 heavy (non-hydrogen) atoms. The number of piperazine rings is 1. The number of anilines is 1. The highest BCUT2D eigenvalue weighted by Gasteiger charge is 2.38. The van der Waals surface area contributed by atoms with Crippen LogP contribution < -0.4 is 10.2 Å². The van der Waals surface area contributed by atoms with Gasteiger partial charge in [0.2, 0.25) is 0 Å². The Hall–Kier alpha value is -1.47. The van der Waals surface area contributed by atoms with Gasteiger partial charge in [0.15, 0.2) is 5.96 Å². The molecule has 4 rings (SSSR count). The summed E-state index contributed by atoms with van der Waals surface area (Å²) in [6.45, 7) is 10.8. The van der Waals surface area contributed by atoms with Gasteiger partial charge in [0.1, 0.15) is 5.82 Å². The molecule has 3 heterocycles. The number of hydrogen-bond donors (Lipinski definition) is 1. The van der Waals surface area contributed by atoms with Crippen molar-refractivity contribution >= 4 is 23.5 Å². The first kappa shape index (κ1) is 21.8. The fourth-order valence-corrected chi connectivity index (χ4v) is 6.64. The molecule has 0 amide bonds. The SMILES string of the molecule is CCN1CCN(c2cc(CNC(=NC)N3CCSC4(CCCCC4)C3)ccn2)CC1. The molecule has 0 bridgehead atoms. The summed E-state index contributed by atoms with van der Waals surface area (Å²) in [7, 11) is 1.92. The molecule has 1 saturated carbocycles. The number of likely N-dealkylation sites (N-methyl/N-ethyl adjacent to an activating group) is 1. The summed E-state index contributed by atoms with van der Waals surface area (Å²) in [4.78, 5) is 16.7. The zero-order chi connectivity index (χ0) is 20.8. The highest BCUT2D eigenvalue weighted by molar-refractivity contribution is 8.00. The summed E-state index contributed by atoms with van der Waals surface area (Å²) < 4.78 is 0.457. The average Bonchev–Trinajstić information content (AvgIpc) is 2.80. The van der Waals surface area contributed by atoms with E-state index in [0.717, 1.165) is 64.1 Å². The van der Waals surface area contributed by atoms with Crippen LogP contribution in [0.25, 0.3) is 0 Å². The van der Waals surface area contributed by atoms with Crippen LogP contribution in [0.4, 0.5) is 5.82 Å². The molecule has 0 atom stereocenters. The number of hydrogen-bond acceptors (Lipinski definition) is 5. The van der Waals surface area contributed by atoms with Crippen LogP contribution >= 0.6 is 11.8 Å². The van der Waals surface area contributed by atoms with Crippen molar-refractivity contribution in [1.82, 2.24) is 20.1 Å². The summed E-state index contributed by atoms with van der Waals surface area (Å²) in [5, 5.41) is 3.64. The Morgan fingerprint density at radius 2 is 1.97 bits per heavy atom. The smallest absolute Gasteiger partial charge is 0.193 e. The molecule has 1 N–H and O–H groups in total. The number of pyridine rings is 1. The summed E-state index contributed by atoms with van der Waals surface area (Å²) in [6.07, 6.45) is 8.87. The third-order valence-electron chi connectivity index (χ3n) is 6.93. The molecule has 2 saturated heterocycles. The van der Waals surface area contributed by atoms with Crippen LogP contribution in [-0.2, 0) is 6.54 Å². The van der Waals surface area contributed by atoms with E-state index in [1.54, 1.807) is 0 Å². The molecule has 0 radical (unpaired) electrons. The minimum atomic E-state index is 0.457. The Bertz CT molecular complexity index is 704. The van der Waals surface area contributed by atoms with E-state index >= 15 is 0 Å². The standard InChI is InChI=1S/C23H38N6S/c1-3-27-11-13-28(14-12-27)21-17-20(7-10-25-21)18-26-22(24-2)29-15-16-30-23(19-29)8-5-4-6-9-23/h7,10,17H,3-6,8-9,11-16,18-19H2,1-2H3,(H,24,26). The van der Waals surface area contributed by atoms with Gasteiger partial charge in [-0.25, -0.2) is 4.98 Å². The number of nitrogens with one attached hydrogen (secondary N) is 1. The lowest BCUT2D eigenvalue weighted by Crippen LogP contribution is -2.53. The predicted octanol–water partition coefficient (Wildman–Crippen LogP) is 3.05. The highest BCUT2D eigenvalue weighted by Crippen LogP contribution is 2.42. The second-order valence-electron chi connectivity index (χ2n) is 8.86. The number of aliphatic imine (C=N–C) groups is 1. The maximum absolute atomic E-state index is 4.64. The third-order valence-corrected chi connectivity index (χ3v) is 8.47. The van der Waals surface area contributed by atoms with Crippen molar-refractivity contribution in [2.24, 2.45) is 4.99 Å². The third kappa shape index (κ3) is 5.22. The van der Waals surface area contributed by atoms with Crippen molar-refractivity contribution < 1.29 is 0 Å². The Morgan fingerprint density at radius 1 is 1.17 bits per heavy atom. The van der Waals surface area contributed by atoms with Gasteiger partial charge in [-0.05, 0) is 37.1 Å². The first-order valence-corrected chi connectivity index (χ1v) is 12.7. The topological polar surface area (TPSA) is 47.0 Å². The monoisotopic (exact) mass is 430 g/mol. The van der Waals surface area contributed by atoms with Crippen LogP contribution in [0.5, 0.6) is 0 Å². The number of guanidine groups is 1. The zero-order valence-electron chi connectivity index (χ0n) is 18.8. The lowest BCUT2D eigenvalue weighted by atomic mass is 9.87. The fourth-order valence-electron chi connectivity index (χ4n) is 5.07. The largest absolute Gasteiger partial charge is 0.354 e. The molecule has 3 fully saturated rings. The van der Waals surface area contributed by atoms with Gasteiger partial charge in [0.05, 0.1) is 0 Å². The van der Waals surface area contributed by atoms with Gasteiger partial charge >= 0.3 is 0 Å². The zero-order valence-corrected chi connectivity index (χ0v) is 19.6. The van der Waals surface area contributed by atoms with E-state index in [1.165, 1.54) is 43.4 Å². The Morgan fingerprint density at radius 3 is 2.70 bits per heavy atom. The highest BCUT2D eigenvalue weighted by atomic mass is 32.2. The Labute approximate surface area is 186 Å². The van der Waals surface area contributed by atoms with E-state index in [0.29, 0.717) is 4.75 Å². The molecule has 3 aliphatic rings. The van der Waals surface area contributed by atoms with Crippen LogP contribution in [-0.4, -0.2) is 84.1 Å². The van der Waals surface area contributed by atoms with Crippen LogP contribution in [0.1, 0.15) is 44.6 Å². The van der Waals surface area contributed by atoms with Crippen LogP contribution in [0.2, 0.25) is 0 Å². The first-order chi connectivity index (χ1) is 14.7. The van der Waals surface area contributed by atoms with Gasteiger partial charge in [-0.1, -0.05) is 26.2 Å². The van der Waals surface area contributed by atoms with E-state index in [4.69, 9.17) is 0 Å². The van der Waals surface area contributed by atoms with Crippen LogP contribution in [0, 0.1) is 0 Å². The van der Waals surface area contributed by atoms with E-state index < -0.39 is 0 Å². The lowest BCUT2D eigenvalue weighted by molar-refractivity contribution is 0.270. The number of nitrogens with zero attached hydrogens (tertiary/aromatic N) is 5. The minimum absolute atomic E-state index is 0.457. The summed E-state index contributed by atoms with van der Waals surface area (Å²) in [5.74, 6) is 3.37. The van der Waals surface area contributed by atoms with Gasteiger partial charge in [0, 0.05) is 69.6 Å². The first-order valence-electron chi connectivity index (χ1n) is 11.7. The molecule has 1 aromatic heterocycles. The van der Waals surface area contributed by atoms with E-state index in [2.05, 4.69) is 60.8 Å². The maximum atomic E-state index is 4.64. The van der Waals surface area contributed by atoms with Gasteiger partial charge in [-0.2, -0.15) is 11.8 Å². The second-order valence-corrected chi connectivity index (χ2v) is 10.4. The summed E-state index contributed by atoms with van der Waals surface area (Å²) in [6, 6.07) is 4.37. The quantitative estimate of drug-likeness (QED) is 0.585. The molecule has 1 aliphatic carbocycles. The molecular weight excluding hydrogens is 392 g/mol. The summed E-state index contributed by atoms with van der Waals surface area (Å²) in [5.41, 5.74) is 1.28. The van der Waals surface area contributed by atoms with Crippen molar-refractivity contribution in [3.63, 3.8) is 0 Å². The van der Waals surface area contributed by atoms with E-state index in [1.807, 2.05) is 13.2 Å². The minimum Gasteiger partial charge on any atom is -0.354 e. The Balaban J connectivity index is 1.34. The van der Waals surface area contributed by atoms with Crippen molar-refractivity contribution in [1.29, 1.82) is 0 Å². The van der Waals surface area contributed by atoms with Crippen molar-refractivity contribution in [2.75, 3.05) is 63.5 Å². The van der Waals surface area contributed by atoms with Gasteiger partial charge < -0.3 is 20.0 Å². The fraction of sp³-hybridized carbons (Fsp3) is 0.739. The maximum Gasteiger partial charge on any atom is 0.193 e. The normalized spacial score (nSPS) is 23.1. The molecule has 0 aromatic carbocycles. The molecule has 6 nitrogen and oxygen atoms in total. The molecule has 0 unspecified atom stereocenters. The van der Waals surface area contributed by atoms with Crippen LogP contribution in [0.3, 0.4) is 0 Å². The summed E-state index contributed by atoms with van der Waals surface area (Å²) >= 11 is 2.21. The van der Waals surface area contributed by atoms with E-state index in [-0.39, 0.29) is 0 Å². The van der Waals surface area contributed by atoms with Crippen molar-refractivity contribution in [3.8, 4) is 0 Å². The molecule has 1 aromatic rings. The van der Waals surface area contributed by atoms with Crippen LogP contribution in [0.15, 0.2) is 23.3 Å². The van der Waals surface area contributed by atoms with Gasteiger partial charge in [-0.3, -0.25) is 4.99 Å². The molecule has 166 valence electrons. The number of thioether (sulfide) groups is 1. The Kier molecular flexibility index (Phi) is 7.41. The number of aromatic nitrogens is 1. The van der Waals surface area contributed by atoms with Crippen molar-refractivity contribution in [2.45, 2.75) is 50.3 Å².